The van der Waals surface area contributed by atoms with Crippen LogP contribution in [0.15, 0.2) is 24.4 Å². The molecule has 3 heteroatoms. The van der Waals surface area contributed by atoms with Gasteiger partial charge in [0.2, 0.25) is 0 Å². The lowest BCUT2D eigenvalue weighted by Gasteiger charge is -1.82. The highest BCUT2D eigenvalue weighted by Gasteiger charge is 1.95. The minimum atomic E-state index is 0.161. The summed E-state index contributed by atoms with van der Waals surface area (Å²) in [5.74, 6) is 0.161. The summed E-state index contributed by atoms with van der Waals surface area (Å²) in [6.07, 6.45) is 1.68. The molecule has 3 nitrogen and oxygen atoms in total. The molecule has 0 saturated carbocycles. The van der Waals surface area contributed by atoms with Crippen molar-refractivity contribution in [1.82, 2.24) is 9.97 Å². The summed E-state index contributed by atoms with van der Waals surface area (Å²) in [6.45, 7) is 0. The van der Waals surface area contributed by atoms with Gasteiger partial charge in [-0.3, -0.25) is 0 Å². The quantitative estimate of drug-likeness (QED) is 0.570. The molecule has 2 heterocycles. The molecule has 0 unspecified atom stereocenters. The first-order valence-corrected chi connectivity index (χ1v) is 2.99. The monoisotopic (exact) mass is 134 g/mol. The Morgan fingerprint density at radius 1 is 1.50 bits per heavy atom. The van der Waals surface area contributed by atoms with Gasteiger partial charge in [0, 0.05) is 17.6 Å². The average molecular weight is 134 g/mol. The van der Waals surface area contributed by atoms with Crippen LogP contribution in [0, 0.1) is 0 Å². The first-order chi connectivity index (χ1) is 4.86. The Hall–Kier alpha value is -1.51. The minimum absolute atomic E-state index is 0.161. The maximum atomic E-state index is 8.96. The lowest BCUT2D eigenvalue weighted by Crippen LogP contribution is -1.71. The lowest BCUT2D eigenvalue weighted by atomic mass is 10.3. The number of hydrogen-bond donors (Lipinski definition) is 2. The number of nitrogens with one attached hydrogen (secondary N) is 1. The van der Waals surface area contributed by atoms with Crippen LogP contribution in [0.25, 0.3) is 11.0 Å². The molecule has 0 aromatic carbocycles. The van der Waals surface area contributed by atoms with Crippen molar-refractivity contribution in [3.8, 4) is 5.88 Å². The third-order valence-corrected chi connectivity index (χ3v) is 1.38. The number of aromatic amines is 1. The van der Waals surface area contributed by atoms with Crippen LogP contribution < -0.4 is 0 Å². The van der Waals surface area contributed by atoms with Crippen molar-refractivity contribution in [2.45, 2.75) is 0 Å². The van der Waals surface area contributed by atoms with E-state index < -0.39 is 0 Å². The van der Waals surface area contributed by atoms with E-state index in [4.69, 9.17) is 5.11 Å². The summed E-state index contributed by atoms with van der Waals surface area (Å²) < 4.78 is 0. The molecule has 50 valence electrons. The molecule has 0 saturated heterocycles. The molecule has 0 fully saturated rings. The van der Waals surface area contributed by atoms with Crippen molar-refractivity contribution in [3.63, 3.8) is 0 Å². The molecule has 0 bridgehead atoms. The zero-order valence-corrected chi connectivity index (χ0v) is 5.20. The van der Waals surface area contributed by atoms with E-state index in [1.807, 2.05) is 12.1 Å². The van der Waals surface area contributed by atoms with Crippen LogP contribution in [-0.2, 0) is 0 Å². The molecule has 0 radical (unpaired) electrons. The van der Waals surface area contributed by atoms with Gasteiger partial charge < -0.3 is 10.1 Å². The van der Waals surface area contributed by atoms with E-state index >= 15 is 0 Å². The second-order valence-electron chi connectivity index (χ2n) is 2.10. The van der Waals surface area contributed by atoms with Gasteiger partial charge in [0.05, 0.1) is 0 Å². The predicted molar refractivity (Wildman–Crippen MR) is 37.8 cm³/mol. The number of fused-ring (bicyclic) bond motifs is 1. The summed E-state index contributed by atoms with van der Waals surface area (Å²) in [6, 6.07) is 5.36. The van der Waals surface area contributed by atoms with Crippen LogP contribution in [-0.4, -0.2) is 15.1 Å². The predicted octanol–water partition coefficient (Wildman–Crippen LogP) is 1.27. The second-order valence-corrected chi connectivity index (χ2v) is 2.10. The molecule has 0 aliphatic rings. The molecular formula is C7H6N2O. The average Bonchev–Trinajstić information content (AvgIpc) is 2.27. The third kappa shape index (κ3) is 0.639. The fraction of sp³-hybridized carbons (Fsp3) is 0. The van der Waals surface area contributed by atoms with E-state index in [0.29, 0.717) is 0 Å². The van der Waals surface area contributed by atoms with Crippen molar-refractivity contribution < 1.29 is 5.11 Å². The van der Waals surface area contributed by atoms with Gasteiger partial charge in [-0.1, -0.05) is 0 Å². The summed E-state index contributed by atoms with van der Waals surface area (Å²) in [5, 5.41) is 9.89. The number of aromatic nitrogens is 2. The second kappa shape index (κ2) is 1.73. The Labute approximate surface area is 57.3 Å². The largest absolute Gasteiger partial charge is 0.495 e. The minimum Gasteiger partial charge on any atom is -0.495 e. The molecule has 2 N–H and O–H groups in total. The Kier molecular flexibility index (Phi) is 0.917. The molecule has 0 amide bonds. The molecular weight excluding hydrogens is 128 g/mol. The van der Waals surface area contributed by atoms with E-state index in [-0.39, 0.29) is 5.88 Å². The Balaban J connectivity index is 2.88. The number of H-pyrrole nitrogens is 1. The van der Waals surface area contributed by atoms with Gasteiger partial charge in [0.1, 0.15) is 5.65 Å². The number of hydrogen-bond acceptors (Lipinski definition) is 2. The van der Waals surface area contributed by atoms with E-state index in [9.17, 15) is 0 Å². The fourth-order valence-electron chi connectivity index (χ4n) is 0.943. The molecule has 2 aromatic rings. The summed E-state index contributed by atoms with van der Waals surface area (Å²) in [7, 11) is 0. The first kappa shape index (κ1) is 5.29. The Bertz CT molecular complexity index is 320. The van der Waals surface area contributed by atoms with Gasteiger partial charge in [-0.15, -0.1) is 0 Å². The topological polar surface area (TPSA) is 48.9 Å². The smallest absolute Gasteiger partial charge is 0.190 e. The van der Waals surface area contributed by atoms with Crippen molar-refractivity contribution in [2.75, 3.05) is 0 Å². The van der Waals surface area contributed by atoms with Gasteiger partial charge in [0.25, 0.3) is 0 Å². The zero-order valence-electron chi connectivity index (χ0n) is 5.20. The summed E-state index contributed by atoms with van der Waals surface area (Å²) in [4.78, 5) is 6.69. The van der Waals surface area contributed by atoms with Crippen LogP contribution in [0.2, 0.25) is 0 Å². The molecule has 10 heavy (non-hydrogen) atoms. The van der Waals surface area contributed by atoms with E-state index in [1.165, 1.54) is 0 Å². The Morgan fingerprint density at radius 3 is 3.20 bits per heavy atom. The Morgan fingerprint density at radius 2 is 2.40 bits per heavy atom. The lowest BCUT2D eigenvalue weighted by molar-refractivity contribution is 0.458. The molecule has 0 aliphatic carbocycles. The van der Waals surface area contributed by atoms with Crippen LogP contribution in [0.5, 0.6) is 5.88 Å². The van der Waals surface area contributed by atoms with Crippen LogP contribution in [0.4, 0.5) is 0 Å². The maximum absolute atomic E-state index is 8.96. The van der Waals surface area contributed by atoms with Gasteiger partial charge >= 0.3 is 0 Å². The standard InChI is InChI=1S/C7H6N2O/c10-6-4-5-2-1-3-8-7(5)9-6/h1-4,10H,(H,8,9). The molecule has 2 aromatic heterocycles. The summed E-state index contributed by atoms with van der Waals surface area (Å²) >= 11 is 0. The van der Waals surface area contributed by atoms with Crippen molar-refractivity contribution in [2.24, 2.45) is 0 Å². The van der Waals surface area contributed by atoms with Crippen LogP contribution >= 0.6 is 0 Å². The third-order valence-electron chi connectivity index (χ3n) is 1.38. The van der Waals surface area contributed by atoms with Gasteiger partial charge in [0.15, 0.2) is 5.88 Å². The SMILES string of the molecule is Oc1cc2cccnc2[nH]1. The van der Waals surface area contributed by atoms with Gasteiger partial charge in [-0.25, -0.2) is 4.98 Å². The molecule has 0 atom stereocenters. The fourth-order valence-corrected chi connectivity index (χ4v) is 0.943. The summed E-state index contributed by atoms with van der Waals surface area (Å²) in [5.41, 5.74) is 0.722. The zero-order chi connectivity index (χ0) is 6.97. The number of nitrogens with zero attached hydrogens (tertiary/aromatic N) is 1. The van der Waals surface area contributed by atoms with Gasteiger partial charge in [-0.2, -0.15) is 0 Å². The van der Waals surface area contributed by atoms with Crippen molar-refractivity contribution in [3.05, 3.63) is 24.4 Å². The number of pyridine rings is 1. The van der Waals surface area contributed by atoms with Crippen molar-refractivity contribution in [1.29, 1.82) is 0 Å². The highest BCUT2D eigenvalue weighted by molar-refractivity contribution is 5.76. The highest BCUT2D eigenvalue weighted by atomic mass is 16.3. The highest BCUT2D eigenvalue weighted by Crippen LogP contribution is 2.15. The van der Waals surface area contributed by atoms with E-state index in [2.05, 4.69) is 9.97 Å². The number of rotatable bonds is 0. The van der Waals surface area contributed by atoms with Crippen molar-refractivity contribution >= 4 is 11.0 Å². The maximum Gasteiger partial charge on any atom is 0.190 e. The molecule has 0 spiro atoms. The first-order valence-electron chi connectivity index (χ1n) is 2.99. The molecule has 0 aliphatic heterocycles. The molecule has 2 rings (SSSR count). The van der Waals surface area contributed by atoms with E-state index in [0.717, 1.165) is 11.0 Å². The van der Waals surface area contributed by atoms with Gasteiger partial charge in [-0.05, 0) is 12.1 Å². The van der Waals surface area contributed by atoms with Crippen LogP contribution in [0.3, 0.4) is 0 Å². The normalized spacial score (nSPS) is 10.4. The van der Waals surface area contributed by atoms with Crippen LogP contribution in [0.1, 0.15) is 0 Å². The van der Waals surface area contributed by atoms with E-state index in [1.54, 1.807) is 12.3 Å². The number of aromatic hydroxyl groups is 1.